The summed E-state index contributed by atoms with van der Waals surface area (Å²) < 4.78 is 0. The monoisotopic (exact) mass is 190 g/mol. The number of nitrogens with zero attached hydrogens (tertiary/aromatic N) is 1. The van der Waals surface area contributed by atoms with Crippen LogP contribution in [-0.2, 0) is 5.60 Å². The maximum absolute atomic E-state index is 10.4. The van der Waals surface area contributed by atoms with Crippen molar-refractivity contribution in [3.63, 3.8) is 0 Å². The Hall–Kier alpha value is -0.860. The van der Waals surface area contributed by atoms with E-state index in [2.05, 4.69) is 24.4 Å². The zero-order chi connectivity index (χ0) is 10.0. The van der Waals surface area contributed by atoms with E-state index in [1.165, 1.54) is 5.56 Å². The van der Waals surface area contributed by atoms with Gasteiger partial charge in [-0.05, 0) is 25.3 Å². The Kier molecular flexibility index (Phi) is 2.57. The average Bonchev–Trinajstić information content (AvgIpc) is 2.19. The Bertz CT molecular complexity index is 299. The molecule has 0 unspecified atom stereocenters. The molecule has 75 valence electrons. The van der Waals surface area contributed by atoms with Crippen LogP contribution in [-0.4, -0.2) is 18.2 Å². The third-order valence-electron chi connectivity index (χ3n) is 2.96. The molecule has 1 aliphatic heterocycles. The number of hydrogen-bond acceptors (Lipinski definition) is 1. The minimum Gasteiger partial charge on any atom is -0.385 e. The molecule has 0 saturated carbocycles. The quantitative estimate of drug-likeness (QED) is 0.716. The molecule has 1 fully saturated rings. The molecule has 1 radical (unpaired) electrons. The van der Waals surface area contributed by atoms with Crippen LogP contribution in [0.5, 0.6) is 0 Å². The zero-order valence-electron chi connectivity index (χ0n) is 8.53. The van der Waals surface area contributed by atoms with Crippen LogP contribution in [0.2, 0.25) is 0 Å². The molecule has 14 heavy (non-hydrogen) atoms. The lowest BCUT2D eigenvalue weighted by atomic mass is 9.85. The molecule has 1 aromatic rings. The highest BCUT2D eigenvalue weighted by molar-refractivity contribution is 5.26. The fourth-order valence-corrected chi connectivity index (χ4v) is 1.92. The smallest absolute Gasteiger partial charge is 0.0922 e. The van der Waals surface area contributed by atoms with Crippen LogP contribution in [0, 0.1) is 6.92 Å². The Morgan fingerprint density at radius 2 is 1.71 bits per heavy atom. The van der Waals surface area contributed by atoms with Crippen molar-refractivity contribution in [3.8, 4) is 0 Å². The first-order chi connectivity index (χ1) is 6.71. The normalized spacial score (nSPS) is 20.7. The lowest BCUT2D eigenvalue weighted by Gasteiger charge is -2.32. The van der Waals surface area contributed by atoms with Crippen molar-refractivity contribution in [2.45, 2.75) is 25.4 Å². The Labute approximate surface area is 85.0 Å². The Morgan fingerprint density at radius 1 is 1.14 bits per heavy atom. The number of aryl methyl sites for hydroxylation is 1. The van der Waals surface area contributed by atoms with Crippen molar-refractivity contribution in [1.82, 2.24) is 5.32 Å². The summed E-state index contributed by atoms with van der Waals surface area (Å²) in [4.78, 5) is 0. The number of rotatable bonds is 1. The molecule has 1 aromatic carbocycles. The molecule has 0 amide bonds. The number of aliphatic hydroxyl groups is 1. The van der Waals surface area contributed by atoms with Crippen LogP contribution >= 0.6 is 0 Å². The van der Waals surface area contributed by atoms with Crippen LogP contribution in [0.3, 0.4) is 0 Å². The van der Waals surface area contributed by atoms with Gasteiger partial charge >= 0.3 is 0 Å². The highest BCUT2D eigenvalue weighted by atomic mass is 16.3. The molecule has 1 saturated heterocycles. The molecular weight excluding hydrogens is 174 g/mol. The second kappa shape index (κ2) is 3.71. The topological polar surface area (TPSA) is 34.3 Å². The van der Waals surface area contributed by atoms with Gasteiger partial charge in [0, 0.05) is 13.1 Å². The molecule has 0 bridgehead atoms. The summed E-state index contributed by atoms with van der Waals surface area (Å²) in [5.41, 5.74) is 1.64. The van der Waals surface area contributed by atoms with Crippen LogP contribution in [0.25, 0.3) is 0 Å². The van der Waals surface area contributed by atoms with Crippen molar-refractivity contribution >= 4 is 0 Å². The van der Waals surface area contributed by atoms with E-state index in [4.69, 9.17) is 0 Å². The first-order valence-electron chi connectivity index (χ1n) is 5.13. The molecule has 2 rings (SSSR count). The van der Waals surface area contributed by atoms with Gasteiger partial charge in [0.2, 0.25) is 0 Å². The zero-order valence-corrected chi connectivity index (χ0v) is 8.53. The minimum atomic E-state index is -0.630. The van der Waals surface area contributed by atoms with Crippen molar-refractivity contribution in [3.05, 3.63) is 35.4 Å². The van der Waals surface area contributed by atoms with Crippen molar-refractivity contribution in [2.24, 2.45) is 0 Å². The van der Waals surface area contributed by atoms with Crippen LogP contribution < -0.4 is 5.32 Å². The largest absolute Gasteiger partial charge is 0.385 e. The molecule has 1 aliphatic rings. The molecule has 0 aromatic heterocycles. The van der Waals surface area contributed by atoms with Gasteiger partial charge < -0.3 is 5.11 Å². The molecular formula is C12H16NO. The lowest BCUT2D eigenvalue weighted by Crippen LogP contribution is -2.36. The van der Waals surface area contributed by atoms with Gasteiger partial charge in [-0.1, -0.05) is 29.8 Å². The third-order valence-corrected chi connectivity index (χ3v) is 2.96. The van der Waals surface area contributed by atoms with E-state index in [1.54, 1.807) is 0 Å². The van der Waals surface area contributed by atoms with E-state index >= 15 is 0 Å². The standard InChI is InChI=1S/C12H16NO/c1-10-2-4-11(5-3-10)12(14)6-8-13-9-7-12/h2-5,14H,6-9H2,1H3. The van der Waals surface area contributed by atoms with Crippen molar-refractivity contribution in [2.75, 3.05) is 13.1 Å². The van der Waals surface area contributed by atoms with Gasteiger partial charge in [-0.3, -0.25) is 0 Å². The lowest BCUT2D eigenvalue weighted by molar-refractivity contribution is 0.00514. The van der Waals surface area contributed by atoms with Gasteiger partial charge in [-0.2, -0.15) is 0 Å². The molecule has 1 N–H and O–H groups in total. The predicted molar refractivity (Wildman–Crippen MR) is 56.2 cm³/mol. The van der Waals surface area contributed by atoms with Gasteiger partial charge in [0.15, 0.2) is 0 Å². The van der Waals surface area contributed by atoms with Crippen LogP contribution in [0.15, 0.2) is 24.3 Å². The van der Waals surface area contributed by atoms with E-state index in [1.807, 2.05) is 12.1 Å². The summed E-state index contributed by atoms with van der Waals surface area (Å²) >= 11 is 0. The second-order valence-electron chi connectivity index (χ2n) is 4.07. The number of benzene rings is 1. The fourth-order valence-electron chi connectivity index (χ4n) is 1.92. The minimum absolute atomic E-state index is 0.630. The summed E-state index contributed by atoms with van der Waals surface area (Å²) in [5.74, 6) is 0. The van der Waals surface area contributed by atoms with Gasteiger partial charge in [0.05, 0.1) is 5.60 Å². The fraction of sp³-hybridized carbons (Fsp3) is 0.500. The van der Waals surface area contributed by atoms with E-state index in [0.29, 0.717) is 0 Å². The Morgan fingerprint density at radius 3 is 2.29 bits per heavy atom. The first-order valence-corrected chi connectivity index (χ1v) is 5.13. The Balaban J connectivity index is 2.23. The van der Waals surface area contributed by atoms with Gasteiger partial charge in [0.1, 0.15) is 0 Å². The first kappa shape index (κ1) is 9.69. The summed E-state index contributed by atoms with van der Waals surface area (Å²) in [6.07, 6.45) is 1.52. The van der Waals surface area contributed by atoms with E-state index in [0.717, 1.165) is 31.5 Å². The summed E-state index contributed by atoms with van der Waals surface area (Å²) in [6.45, 7) is 3.62. The molecule has 2 heteroatoms. The molecule has 0 atom stereocenters. The average molecular weight is 190 g/mol. The van der Waals surface area contributed by atoms with Crippen LogP contribution in [0.1, 0.15) is 24.0 Å². The van der Waals surface area contributed by atoms with Gasteiger partial charge in [-0.15, -0.1) is 0 Å². The molecule has 1 heterocycles. The van der Waals surface area contributed by atoms with Gasteiger partial charge in [0.25, 0.3) is 0 Å². The summed E-state index contributed by atoms with van der Waals surface area (Å²) in [5, 5.41) is 14.6. The third kappa shape index (κ3) is 1.81. The van der Waals surface area contributed by atoms with Crippen molar-refractivity contribution < 1.29 is 5.11 Å². The molecule has 0 aliphatic carbocycles. The van der Waals surface area contributed by atoms with E-state index in [-0.39, 0.29) is 0 Å². The summed E-state index contributed by atoms with van der Waals surface area (Å²) in [6, 6.07) is 8.17. The summed E-state index contributed by atoms with van der Waals surface area (Å²) in [7, 11) is 0. The highest BCUT2D eigenvalue weighted by Crippen LogP contribution is 2.30. The van der Waals surface area contributed by atoms with E-state index in [9.17, 15) is 5.11 Å². The van der Waals surface area contributed by atoms with Crippen molar-refractivity contribution in [1.29, 1.82) is 0 Å². The van der Waals surface area contributed by atoms with Crippen LogP contribution in [0.4, 0.5) is 0 Å². The molecule has 0 spiro atoms. The van der Waals surface area contributed by atoms with Gasteiger partial charge in [-0.25, -0.2) is 5.32 Å². The maximum atomic E-state index is 10.4. The predicted octanol–water partition coefficient (Wildman–Crippen LogP) is 1.58. The maximum Gasteiger partial charge on any atom is 0.0922 e. The molecule has 2 nitrogen and oxygen atoms in total. The highest BCUT2D eigenvalue weighted by Gasteiger charge is 2.31. The SMILES string of the molecule is Cc1ccc(C2(O)CC[N]CC2)cc1. The van der Waals surface area contributed by atoms with E-state index < -0.39 is 5.60 Å². The second-order valence-corrected chi connectivity index (χ2v) is 4.07. The number of hydrogen-bond donors (Lipinski definition) is 1. The number of piperidine rings is 1.